The van der Waals surface area contributed by atoms with E-state index in [0.29, 0.717) is 0 Å². The average molecular weight is 236 g/mol. The second-order valence-corrected chi connectivity index (χ2v) is 4.63. The number of fused-ring (bicyclic) bond motifs is 1. The van der Waals surface area contributed by atoms with Gasteiger partial charge in [0, 0.05) is 29.4 Å². The van der Waals surface area contributed by atoms with E-state index in [0.717, 1.165) is 37.7 Å². The summed E-state index contributed by atoms with van der Waals surface area (Å²) in [5.41, 5.74) is 4.01. The molecule has 1 fully saturated rings. The molecule has 1 aromatic carbocycles. The number of benzene rings is 1. The number of hydrogen-bond donors (Lipinski definition) is 0. The van der Waals surface area contributed by atoms with Crippen molar-refractivity contribution in [2.45, 2.75) is 6.42 Å². The SMILES string of the molecule is Clc1ccc2c(c1)C(N1CCOCC1)=CC2. The number of hydrogen-bond acceptors (Lipinski definition) is 2. The van der Waals surface area contributed by atoms with Crippen molar-refractivity contribution in [3.05, 3.63) is 40.4 Å². The highest BCUT2D eigenvalue weighted by Gasteiger charge is 2.21. The van der Waals surface area contributed by atoms with Gasteiger partial charge in [-0.05, 0) is 24.1 Å². The highest BCUT2D eigenvalue weighted by Crippen LogP contribution is 2.32. The molecule has 0 radical (unpaired) electrons. The quantitative estimate of drug-likeness (QED) is 0.742. The normalized spacial score (nSPS) is 19.6. The molecule has 3 heteroatoms. The van der Waals surface area contributed by atoms with Gasteiger partial charge in [-0.25, -0.2) is 0 Å². The second kappa shape index (κ2) is 4.11. The van der Waals surface area contributed by atoms with Crippen LogP contribution in [0, 0.1) is 0 Å². The summed E-state index contributed by atoms with van der Waals surface area (Å²) < 4.78 is 5.38. The van der Waals surface area contributed by atoms with E-state index in [1.807, 2.05) is 6.07 Å². The topological polar surface area (TPSA) is 12.5 Å². The Morgan fingerprint density at radius 2 is 2.00 bits per heavy atom. The molecule has 84 valence electrons. The van der Waals surface area contributed by atoms with Gasteiger partial charge in [0.15, 0.2) is 0 Å². The molecule has 3 rings (SSSR count). The van der Waals surface area contributed by atoms with Crippen molar-refractivity contribution in [3.63, 3.8) is 0 Å². The molecule has 0 spiro atoms. The Kier molecular flexibility index (Phi) is 2.62. The van der Waals surface area contributed by atoms with Crippen LogP contribution in [-0.4, -0.2) is 31.2 Å². The molecule has 0 unspecified atom stereocenters. The highest BCUT2D eigenvalue weighted by molar-refractivity contribution is 6.30. The zero-order valence-corrected chi connectivity index (χ0v) is 9.83. The van der Waals surface area contributed by atoms with Crippen LogP contribution in [0.3, 0.4) is 0 Å². The van der Waals surface area contributed by atoms with E-state index in [-0.39, 0.29) is 0 Å². The first-order valence-electron chi connectivity index (χ1n) is 5.66. The van der Waals surface area contributed by atoms with Gasteiger partial charge in [-0.3, -0.25) is 0 Å². The van der Waals surface area contributed by atoms with E-state index in [1.54, 1.807) is 0 Å². The van der Waals surface area contributed by atoms with Crippen LogP contribution in [0.5, 0.6) is 0 Å². The van der Waals surface area contributed by atoms with Gasteiger partial charge in [0.2, 0.25) is 0 Å². The summed E-state index contributed by atoms with van der Waals surface area (Å²) in [7, 11) is 0. The molecular formula is C13H14ClNO. The van der Waals surface area contributed by atoms with Crippen molar-refractivity contribution in [1.82, 2.24) is 4.90 Å². The Morgan fingerprint density at radius 1 is 1.19 bits per heavy atom. The molecule has 0 saturated carbocycles. The van der Waals surface area contributed by atoms with E-state index in [4.69, 9.17) is 16.3 Å². The number of morpholine rings is 1. The van der Waals surface area contributed by atoms with Gasteiger partial charge in [0.25, 0.3) is 0 Å². The van der Waals surface area contributed by atoms with E-state index >= 15 is 0 Å². The average Bonchev–Trinajstić information content (AvgIpc) is 2.73. The molecule has 1 aromatic rings. The molecule has 0 aromatic heterocycles. The lowest BCUT2D eigenvalue weighted by atomic mass is 10.1. The first-order valence-corrected chi connectivity index (χ1v) is 6.04. The van der Waals surface area contributed by atoms with Crippen LogP contribution in [0.15, 0.2) is 24.3 Å². The minimum Gasteiger partial charge on any atom is -0.378 e. The molecule has 1 heterocycles. The fourth-order valence-electron chi connectivity index (χ4n) is 2.39. The van der Waals surface area contributed by atoms with Crippen LogP contribution in [-0.2, 0) is 11.2 Å². The van der Waals surface area contributed by atoms with Gasteiger partial charge in [-0.1, -0.05) is 23.7 Å². The minimum absolute atomic E-state index is 0.819. The second-order valence-electron chi connectivity index (χ2n) is 4.19. The van der Waals surface area contributed by atoms with E-state index in [2.05, 4.69) is 23.1 Å². The Morgan fingerprint density at radius 3 is 2.81 bits per heavy atom. The van der Waals surface area contributed by atoms with Crippen molar-refractivity contribution in [2.75, 3.05) is 26.3 Å². The van der Waals surface area contributed by atoms with Crippen LogP contribution < -0.4 is 0 Å². The number of nitrogens with zero attached hydrogens (tertiary/aromatic N) is 1. The van der Waals surface area contributed by atoms with Gasteiger partial charge in [-0.2, -0.15) is 0 Å². The smallest absolute Gasteiger partial charge is 0.0642 e. The lowest BCUT2D eigenvalue weighted by Crippen LogP contribution is -2.34. The van der Waals surface area contributed by atoms with Gasteiger partial charge in [0.05, 0.1) is 13.2 Å². The molecule has 1 aliphatic carbocycles. The third-order valence-electron chi connectivity index (χ3n) is 3.21. The van der Waals surface area contributed by atoms with Crippen LogP contribution >= 0.6 is 11.6 Å². The van der Waals surface area contributed by atoms with Crippen molar-refractivity contribution >= 4 is 17.3 Å². The molecule has 0 N–H and O–H groups in total. The largest absolute Gasteiger partial charge is 0.378 e. The van der Waals surface area contributed by atoms with Crippen LogP contribution in [0.1, 0.15) is 11.1 Å². The fraction of sp³-hybridized carbons (Fsp3) is 0.385. The summed E-state index contributed by atoms with van der Waals surface area (Å²) in [5, 5.41) is 0.819. The molecule has 0 bridgehead atoms. The van der Waals surface area contributed by atoms with Crippen molar-refractivity contribution in [1.29, 1.82) is 0 Å². The zero-order chi connectivity index (χ0) is 11.0. The molecular weight excluding hydrogens is 222 g/mol. The Balaban J connectivity index is 1.91. The predicted octanol–water partition coefficient (Wildman–Crippen LogP) is 2.57. The molecule has 1 saturated heterocycles. The fourth-order valence-corrected chi connectivity index (χ4v) is 2.56. The molecule has 2 aliphatic rings. The maximum atomic E-state index is 6.06. The molecule has 2 nitrogen and oxygen atoms in total. The number of allylic oxidation sites excluding steroid dienone is 1. The first-order chi connectivity index (χ1) is 7.84. The molecule has 1 aliphatic heterocycles. The van der Waals surface area contributed by atoms with E-state index < -0.39 is 0 Å². The Bertz CT molecular complexity index is 436. The van der Waals surface area contributed by atoms with Gasteiger partial charge < -0.3 is 9.64 Å². The molecule has 16 heavy (non-hydrogen) atoms. The summed E-state index contributed by atoms with van der Waals surface area (Å²) in [4.78, 5) is 2.39. The number of ether oxygens (including phenoxy) is 1. The monoisotopic (exact) mass is 235 g/mol. The first kappa shape index (κ1) is 10.2. The zero-order valence-electron chi connectivity index (χ0n) is 9.08. The Labute approximate surface area is 100 Å². The summed E-state index contributed by atoms with van der Waals surface area (Å²) >= 11 is 6.06. The van der Waals surface area contributed by atoms with Gasteiger partial charge in [0.1, 0.15) is 0 Å². The summed E-state index contributed by atoms with van der Waals surface area (Å²) in [5.74, 6) is 0. The lowest BCUT2D eigenvalue weighted by Gasteiger charge is -2.30. The maximum Gasteiger partial charge on any atom is 0.0642 e. The van der Waals surface area contributed by atoms with Gasteiger partial charge >= 0.3 is 0 Å². The summed E-state index contributed by atoms with van der Waals surface area (Å²) in [6.07, 6.45) is 3.32. The van der Waals surface area contributed by atoms with Crippen molar-refractivity contribution in [2.24, 2.45) is 0 Å². The third-order valence-corrected chi connectivity index (χ3v) is 3.45. The number of halogens is 1. The summed E-state index contributed by atoms with van der Waals surface area (Å²) in [6.45, 7) is 3.62. The minimum atomic E-state index is 0.819. The van der Waals surface area contributed by atoms with Crippen LogP contribution in [0.2, 0.25) is 5.02 Å². The molecule has 0 amide bonds. The Hall–Kier alpha value is -0.990. The van der Waals surface area contributed by atoms with Crippen LogP contribution in [0.4, 0.5) is 0 Å². The van der Waals surface area contributed by atoms with Crippen LogP contribution in [0.25, 0.3) is 5.70 Å². The van der Waals surface area contributed by atoms with Gasteiger partial charge in [-0.15, -0.1) is 0 Å². The van der Waals surface area contributed by atoms with E-state index in [9.17, 15) is 0 Å². The predicted molar refractivity (Wildman–Crippen MR) is 65.5 cm³/mol. The maximum absolute atomic E-state index is 6.06. The van der Waals surface area contributed by atoms with Crippen molar-refractivity contribution < 1.29 is 4.74 Å². The lowest BCUT2D eigenvalue weighted by molar-refractivity contribution is 0.0640. The number of rotatable bonds is 1. The summed E-state index contributed by atoms with van der Waals surface area (Å²) in [6, 6.07) is 6.17. The standard InChI is InChI=1S/C13H14ClNO/c14-11-3-1-10-2-4-13(12(10)9-11)15-5-7-16-8-6-15/h1,3-4,9H,2,5-8H2. The highest BCUT2D eigenvalue weighted by atomic mass is 35.5. The van der Waals surface area contributed by atoms with E-state index in [1.165, 1.54) is 16.8 Å². The van der Waals surface area contributed by atoms with Crippen molar-refractivity contribution in [3.8, 4) is 0 Å². The third kappa shape index (κ3) is 1.72. The molecule has 0 atom stereocenters.